The van der Waals surface area contributed by atoms with Crippen LogP contribution in [-0.4, -0.2) is 17.4 Å². The van der Waals surface area contributed by atoms with E-state index in [4.69, 9.17) is 14.7 Å². The standard InChI is InChI=1S/C7H8BBrO3/c9-5-6-3-1-2-4-7(6)12-8(10)11/h1-4,10-11H,5H2. The van der Waals surface area contributed by atoms with Crippen molar-refractivity contribution in [1.82, 2.24) is 0 Å². The summed E-state index contributed by atoms with van der Waals surface area (Å²) in [4.78, 5) is 0. The fraction of sp³-hybridized carbons (Fsp3) is 0.143. The highest BCUT2D eigenvalue weighted by molar-refractivity contribution is 9.08. The summed E-state index contributed by atoms with van der Waals surface area (Å²) < 4.78 is 4.72. The van der Waals surface area contributed by atoms with Crippen molar-refractivity contribution in [2.75, 3.05) is 0 Å². The summed E-state index contributed by atoms with van der Waals surface area (Å²) in [6.07, 6.45) is 0. The van der Waals surface area contributed by atoms with E-state index in [1.165, 1.54) is 0 Å². The van der Waals surface area contributed by atoms with Crippen molar-refractivity contribution in [2.45, 2.75) is 5.33 Å². The number of benzene rings is 1. The van der Waals surface area contributed by atoms with Crippen molar-refractivity contribution in [2.24, 2.45) is 0 Å². The molecule has 1 aromatic rings. The smallest absolute Gasteiger partial charge is 0.512 e. The Balaban J connectivity index is 2.82. The SMILES string of the molecule is OB(O)Oc1ccccc1CBr. The lowest BCUT2D eigenvalue weighted by atomic mass is 10.2. The Kier molecular flexibility index (Phi) is 3.59. The van der Waals surface area contributed by atoms with Crippen LogP contribution in [0.25, 0.3) is 0 Å². The normalized spacial score (nSPS) is 9.58. The molecule has 5 heteroatoms. The maximum absolute atomic E-state index is 8.54. The molecule has 0 bridgehead atoms. The third-order valence-corrected chi connectivity index (χ3v) is 1.95. The van der Waals surface area contributed by atoms with Crippen LogP contribution in [-0.2, 0) is 5.33 Å². The molecule has 0 atom stereocenters. The summed E-state index contributed by atoms with van der Waals surface area (Å²) >= 11 is 3.25. The molecule has 0 aliphatic carbocycles. The molecule has 0 aliphatic heterocycles. The molecular formula is C7H8BBrO3. The van der Waals surface area contributed by atoms with Gasteiger partial charge in [0.15, 0.2) is 0 Å². The topological polar surface area (TPSA) is 49.7 Å². The first-order valence-corrected chi connectivity index (χ1v) is 4.53. The average Bonchev–Trinajstić information content (AvgIpc) is 2.04. The lowest BCUT2D eigenvalue weighted by Crippen LogP contribution is -2.21. The van der Waals surface area contributed by atoms with Crippen molar-refractivity contribution in [1.29, 1.82) is 0 Å². The molecule has 1 rings (SSSR count). The highest BCUT2D eigenvalue weighted by Gasteiger charge is 2.12. The van der Waals surface area contributed by atoms with E-state index < -0.39 is 7.32 Å². The predicted molar refractivity (Wildman–Crippen MR) is 49.9 cm³/mol. The molecule has 0 aliphatic rings. The van der Waals surface area contributed by atoms with E-state index in [0.29, 0.717) is 11.1 Å². The first kappa shape index (κ1) is 9.57. The summed E-state index contributed by atoms with van der Waals surface area (Å²) in [5, 5.41) is 17.7. The highest BCUT2D eigenvalue weighted by atomic mass is 79.9. The Bertz CT molecular complexity index is 254. The van der Waals surface area contributed by atoms with E-state index in [0.717, 1.165) is 5.56 Å². The van der Waals surface area contributed by atoms with Crippen LogP contribution in [0.1, 0.15) is 5.56 Å². The molecule has 0 saturated heterocycles. The van der Waals surface area contributed by atoms with E-state index in [1.54, 1.807) is 12.1 Å². The maximum Gasteiger partial charge on any atom is 0.707 e. The lowest BCUT2D eigenvalue weighted by molar-refractivity contribution is 0.287. The first-order valence-electron chi connectivity index (χ1n) is 3.40. The number of para-hydroxylation sites is 1. The molecule has 0 saturated carbocycles. The van der Waals surface area contributed by atoms with Crippen LogP contribution < -0.4 is 4.65 Å². The highest BCUT2D eigenvalue weighted by Crippen LogP contribution is 2.20. The molecule has 2 N–H and O–H groups in total. The van der Waals surface area contributed by atoms with Gasteiger partial charge >= 0.3 is 7.32 Å². The molecule has 12 heavy (non-hydrogen) atoms. The van der Waals surface area contributed by atoms with Crippen molar-refractivity contribution >= 4 is 23.3 Å². The van der Waals surface area contributed by atoms with E-state index in [2.05, 4.69) is 15.9 Å². The number of hydrogen-bond donors (Lipinski definition) is 2. The van der Waals surface area contributed by atoms with Gasteiger partial charge in [-0.15, -0.1) is 0 Å². The van der Waals surface area contributed by atoms with E-state index >= 15 is 0 Å². The molecule has 0 aromatic heterocycles. The molecule has 0 fully saturated rings. The largest absolute Gasteiger partial charge is 0.707 e. The number of alkyl halides is 1. The number of rotatable bonds is 3. The summed E-state index contributed by atoms with van der Waals surface area (Å²) in [6.45, 7) is 0. The molecule has 0 radical (unpaired) electrons. The zero-order valence-electron chi connectivity index (χ0n) is 6.27. The first-order chi connectivity index (χ1) is 5.74. The minimum Gasteiger partial charge on any atom is -0.512 e. The fourth-order valence-corrected chi connectivity index (χ4v) is 1.31. The van der Waals surface area contributed by atoms with Gasteiger partial charge < -0.3 is 14.7 Å². The molecule has 0 spiro atoms. The van der Waals surface area contributed by atoms with Crippen LogP contribution in [0.2, 0.25) is 0 Å². The Labute approximate surface area is 79.3 Å². The molecule has 1 aromatic carbocycles. The van der Waals surface area contributed by atoms with Gasteiger partial charge in [-0.05, 0) is 6.07 Å². The third kappa shape index (κ3) is 2.51. The van der Waals surface area contributed by atoms with Crippen molar-refractivity contribution < 1.29 is 14.7 Å². The summed E-state index contributed by atoms with van der Waals surface area (Å²) in [5.41, 5.74) is 0.880. The van der Waals surface area contributed by atoms with Crippen LogP contribution in [0.5, 0.6) is 5.75 Å². The van der Waals surface area contributed by atoms with Gasteiger partial charge in [-0.1, -0.05) is 34.1 Å². The summed E-state index contributed by atoms with van der Waals surface area (Å²) in [6, 6.07) is 7.14. The van der Waals surface area contributed by atoms with Crippen LogP contribution >= 0.6 is 15.9 Å². The van der Waals surface area contributed by atoms with E-state index in [9.17, 15) is 0 Å². The Morgan fingerprint density at radius 1 is 1.33 bits per heavy atom. The Hall–Kier alpha value is -0.515. The zero-order chi connectivity index (χ0) is 8.97. The predicted octanol–water partition coefficient (Wildman–Crippen LogP) is 0.930. The van der Waals surface area contributed by atoms with Gasteiger partial charge in [-0.25, -0.2) is 0 Å². The number of hydrogen-bond acceptors (Lipinski definition) is 3. The van der Waals surface area contributed by atoms with E-state index in [-0.39, 0.29) is 0 Å². The van der Waals surface area contributed by atoms with Gasteiger partial charge in [0, 0.05) is 10.9 Å². The van der Waals surface area contributed by atoms with Gasteiger partial charge in [-0.2, -0.15) is 0 Å². The van der Waals surface area contributed by atoms with E-state index in [1.807, 2.05) is 12.1 Å². The van der Waals surface area contributed by atoms with Crippen molar-refractivity contribution in [3.8, 4) is 5.75 Å². The molecule has 0 heterocycles. The van der Waals surface area contributed by atoms with Gasteiger partial charge in [0.2, 0.25) is 0 Å². The van der Waals surface area contributed by atoms with Crippen LogP contribution in [0.3, 0.4) is 0 Å². The minimum absolute atomic E-state index is 0.476. The second kappa shape index (κ2) is 4.50. The molecule has 0 amide bonds. The Morgan fingerprint density at radius 3 is 2.58 bits per heavy atom. The van der Waals surface area contributed by atoms with Crippen LogP contribution in [0, 0.1) is 0 Å². The molecule has 3 nitrogen and oxygen atoms in total. The van der Waals surface area contributed by atoms with Gasteiger partial charge in [0.05, 0.1) is 0 Å². The van der Waals surface area contributed by atoms with Crippen molar-refractivity contribution in [3.63, 3.8) is 0 Å². The minimum atomic E-state index is -1.76. The summed E-state index contributed by atoms with van der Waals surface area (Å²) in [7, 11) is -1.76. The summed E-state index contributed by atoms with van der Waals surface area (Å²) in [5.74, 6) is 0.476. The second-order valence-corrected chi connectivity index (χ2v) is 2.75. The van der Waals surface area contributed by atoms with Gasteiger partial charge in [-0.3, -0.25) is 0 Å². The van der Waals surface area contributed by atoms with Crippen LogP contribution in [0.15, 0.2) is 24.3 Å². The average molecular weight is 231 g/mol. The molecule has 64 valence electrons. The quantitative estimate of drug-likeness (QED) is 0.600. The van der Waals surface area contributed by atoms with Crippen molar-refractivity contribution in [3.05, 3.63) is 29.8 Å². The number of halogens is 1. The molecular weight excluding hydrogens is 223 g/mol. The van der Waals surface area contributed by atoms with Crippen LogP contribution in [0.4, 0.5) is 0 Å². The zero-order valence-corrected chi connectivity index (χ0v) is 7.86. The third-order valence-electron chi connectivity index (χ3n) is 1.35. The fourth-order valence-electron chi connectivity index (χ4n) is 0.843. The van der Waals surface area contributed by atoms with Gasteiger partial charge in [0.25, 0.3) is 0 Å². The maximum atomic E-state index is 8.54. The van der Waals surface area contributed by atoms with Gasteiger partial charge in [0.1, 0.15) is 5.75 Å². The molecule has 0 unspecified atom stereocenters. The second-order valence-electron chi connectivity index (χ2n) is 2.19. The lowest BCUT2D eigenvalue weighted by Gasteiger charge is -2.07. The Morgan fingerprint density at radius 2 is 2.00 bits per heavy atom. The monoisotopic (exact) mass is 230 g/mol.